The lowest BCUT2D eigenvalue weighted by Crippen LogP contribution is -2.22. The molecule has 0 bridgehead atoms. The highest BCUT2D eigenvalue weighted by Crippen LogP contribution is 2.25. The second-order valence-corrected chi connectivity index (χ2v) is 4.28. The van der Waals surface area contributed by atoms with Gasteiger partial charge in [0.05, 0.1) is 7.11 Å². The molecule has 0 fully saturated rings. The Morgan fingerprint density at radius 1 is 1.47 bits per heavy atom. The van der Waals surface area contributed by atoms with Gasteiger partial charge >= 0.3 is 0 Å². The van der Waals surface area contributed by atoms with E-state index < -0.39 is 0 Å². The van der Waals surface area contributed by atoms with Gasteiger partial charge in [-0.2, -0.15) is 0 Å². The van der Waals surface area contributed by atoms with E-state index in [-0.39, 0.29) is 5.91 Å². The first-order valence-corrected chi connectivity index (χ1v) is 6.24. The molecule has 0 atom stereocenters. The SMILES string of the molecule is COc1cccc(Cl)c1CNC(=O)CCCCl. The summed E-state index contributed by atoms with van der Waals surface area (Å²) >= 11 is 11.6. The molecule has 1 amide bonds. The Balaban J connectivity index is 2.59. The minimum absolute atomic E-state index is 0.0346. The highest BCUT2D eigenvalue weighted by Gasteiger charge is 2.08. The van der Waals surface area contributed by atoms with Gasteiger partial charge in [0, 0.05) is 29.4 Å². The summed E-state index contributed by atoms with van der Waals surface area (Å²) in [6, 6.07) is 5.39. The van der Waals surface area contributed by atoms with Gasteiger partial charge in [-0.1, -0.05) is 17.7 Å². The van der Waals surface area contributed by atoms with Crippen molar-refractivity contribution in [2.45, 2.75) is 19.4 Å². The van der Waals surface area contributed by atoms with Crippen LogP contribution in [0.15, 0.2) is 18.2 Å². The number of halogens is 2. The van der Waals surface area contributed by atoms with E-state index >= 15 is 0 Å². The third-order valence-electron chi connectivity index (χ3n) is 2.30. The Bertz CT molecular complexity index is 383. The number of carbonyl (C=O) groups is 1. The quantitative estimate of drug-likeness (QED) is 0.811. The van der Waals surface area contributed by atoms with Crippen LogP contribution in [0.1, 0.15) is 18.4 Å². The van der Waals surface area contributed by atoms with E-state index in [0.717, 1.165) is 5.56 Å². The van der Waals surface area contributed by atoms with Crippen LogP contribution >= 0.6 is 23.2 Å². The smallest absolute Gasteiger partial charge is 0.220 e. The number of hydrogen-bond acceptors (Lipinski definition) is 2. The lowest BCUT2D eigenvalue weighted by molar-refractivity contribution is -0.121. The number of alkyl halides is 1. The Morgan fingerprint density at radius 2 is 2.24 bits per heavy atom. The second kappa shape index (κ2) is 7.41. The summed E-state index contributed by atoms with van der Waals surface area (Å²) in [6.45, 7) is 0.365. The summed E-state index contributed by atoms with van der Waals surface area (Å²) in [5, 5.41) is 3.37. The highest BCUT2D eigenvalue weighted by molar-refractivity contribution is 6.31. The van der Waals surface area contributed by atoms with Gasteiger partial charge in [-0.3, -0.25) is 4.79 Å². The van der Waals surface area contributed by atoms with Crippen LogP contribution in [0, 0.1) is 0 Å². The van der Waals surface area contributed by atoms with Crippen molar-refractivity contribution in [3.8, 4) is 5.75 Å². The molecule has 1 N–H and O–H groups in total. The fourth-order valence-electron chi connectivity index (χ4n) is 1.40. The molecule has 0 radical (unpaired) electrons. The molecule has 94 valence electrons. The topological polar surface area (TPSA) is 38.3 Å². The predicted molar refractivity (Wildman–Crippen MR) is 69.8 cm³/mol. The number of amides is 1. The Morgan fingerprint density at radius 3 is 2.88 bits per heavy atom. The first kappa shape index (κ1) is 14.1. The summed E-state index contributed by atoms with van der Waals surface area (Å²) in [7, 11) is 1.57. The van der Waals surface area contributed by atoms with Crippen LogP contribution in [-0.2, 0) is 11.3 Å². The molecule has 1 aromatic carbocycles. The van der Waals surface area contributed by atoms with Gasteiger partial charge in [-0.25, -0.2) is 0 Å². The third-order valence-corrected chi connectivity index (χ3v) is 2.92. The molecular formula is C12H15Cl2NO2. The van der Waals surface area contributed by atoms with Gasteiger partial charge < -0.3 is 10.1 Å². The minimum atomic E-state index is -0.0346. The Labute approximate surface area is 111 Å². The van der Waals surface area contributed by atoms with Crippen molar-refractivity contribution in [1.82, 2.24) is 5.32 Å². The molecule has 3 nitrogen and oxygen atoms in total. The van der Waals surface area contributed by atoms with Gasteiger partial charge in [-0.05, 0) is 18.6 Å². The third kappa shape index (κ3) is 4.44. The van der Waals surface area contributed by atoms with Crippen molar-refractivity contribution >= 4 is 29.1 Å². The second-order valence-electron chi connectivity index (χ2n) is 3.49. The van der Waals surface area contributed by atoms with Crippen LogP contribution in [-0.4, -0.2) is 18.9 Å². The van der Waals surface area contributed by atoms with E-state index in [9.17, 15) is 4.79 Å². The molecule has 1 aromatic rings. The average molecular weight is 276 g/mol. The Hall–Kier alpha value is -0.930. The fourth-order valence-corrected chi connectivity index (χ4v) is 1.77. The van der Waals surface area contributed by atoms with E-state index in [4.69, 9.17) is 27.9 Å². The Kier molecular flexibility index (Phi) is 6.16. The zero-order valence-electron chi connectivity index (χ0n) is 9.63. The molecule has 0 heterocycles. The summed E-state index contributed by atoms with van der Waals surface area (Å²) in [5.74, 6) is 1.13. The molecular weight excluding hydrogens is 261 g/mol. The van der Waals surface area contributed by atoms with Gasteiger partial charge in [0.15, 0.2) is 0 Å². The first-order valence-electron chi connectivity index (χ1n) is 5.33. The lowest BCUT2D eigenvalue weighted by atomic mass is 10.2. The maximum atomic E-state index is 11.4. The largest absolute Gasteiger partial charge is 0.496 e. The summed E-state index contributed by atoms with van der Waals surface area (Å²) in [5.41, 5.74) is 0.788. The number of hydrogen-bond donors (Lipinski definition) is 1. The monoisotopic (exact) mass is 275 g/mol. The molecule has 1 rings (SSSR count). The van der Waals surface area contributed by atoms with Gasteiger partial charge in [0.2, 0.25) is 5.91 Å². The molecule has 0 aliphatic carbocycles. The zero-order valence-corrected chi connectivity index (χ0v) is 11.1. The first-order chi connectivity index (χ1) is 8.19. The number of ether oxygens (including phenoxy) is 1. The van der Waals surface area contributed by atoms with Crippen molar-refractivity contribution in [3.05, 3.63) is 28.8 Å². The van der Waals surface area contributed by atoms with E-state index in [0.29, 0.717) is 36.0 Å². The molecule has 0 aromatic heterocycles. The van der Waals surface area contributed by atoms with Crippen LogP contribution in [0.25, 0.3) is 0 Å². The highest BCUT2D eigenvalue weighted by atomic mass is 35.5. The molecule has 0 aliphatic heterocycles. The van der Waals surface area contributed by atoms with Gasteiger partial charge in [0.1, 0.15) is 5.75 Å². The predicted octanol–water partition coefficient (Wildman–Crippen LogP) is 2.98. The maximum Gasteiger partial charge on any atom is 0.220 e. The number of nitrogens with one attached hydrogen (secondary N) is 1. The van der Waals surface area contributed by atoms with E-state index in [1.165, 1.54) is 0 Å². The molecule has 0 saturated heterocycles. The number of benzene rings is 1. The summed E-state index contributed by atoms with van der Waals surface area (Å²) in [6.07, 6.45) is 1.10. The van der Waals surface area contributed by atoms with Crippen LogP contribution in [0.5, 0.6) is 5.75 Å². The fraction of sp³-hybridized carbons (Fsp3) is 0.417. The zero-order chi connectivity index (χ0) is 12.7. The lowest BCUT2D eigenvalue weighted by Gasteiger charge is -2.11. The number of methoxy groups -OCH3 is 1. The normalized spacial score (nSPS) is 10.1. The van der Waals surface area contributed by atoms with Gasteiger partial charge in [-0.15, -0.1) is 11.6 Å². The molecule has 0 saturated carbocycles. The van der Waals surface area contributed by atoms with E-state index in [1.807, 2.05) is 6.07 Å². The minimum Gasteiger partial charge on any atom is -0.496 e. The van der Waals surface area contributed by atoms with Crippen LogP contribution in [0.3, 0.4) is 0 Å². The van der Waals surface area contributed by atoms with Crippen molar-refractivity contribution in [2.75, 3.05) is 13.0 Å². The molecule has 0 spiro atoms. The number of rotatable bonds is 6. The van der Waals surface area contributed by atoms with Crippen molar-refractivity contribution in [1.29, 1.82) is 0 Å². The van der Waals surface area contributed by atoms with Gasteiger partial charge in [0.25, 0.3) is 0 Å². The van der Waals surface area contributed by atoms with Crippen LogP contribution in [0.2, 0.25) is 5.02 Å². The van der Waals surface area contributed by atoms with Crippen molar-refractivity contribution < 1.29 is 9.53 Å². The molecule has 0 aliphatic rings. The van der Waals surface area contributed by atoms with Crippen LogP contribution in [0.4, 0.5) is 0 Å². The summed E-state index contributed by atoms with van der Waals surface area (Å²) < 4.78 is 5.18. The van der Waals surface area contributed by atoms with Crippen molar-refractivity contribution in [3.63, 3.8) is 0 Å². The molecule has 5 heteroatoms. The van der Waals surface area contributed by atoms with Crippen LogP contribution < -0.4 is 10.1 Å². The molecule has 0 unspecified atom stereocenters. The van der Waals surface area contributed by atoms with E-state index in [1.54, 1.807) is 19.2 Å². The maximum absolute atomic E-state index is 11.4. The standard InChI is InChI=1S/C12H15Cl2NO2/c1-17-11-5-2-4-10(14)9(11)8-15-12(16)6-3-7-13/h2,4-5H,3,6-8H2,1H3,(H,15,16). The van der Waals surface area contributed by atoms with Crippen molar-refractivity contribution in [2.24, 2.45) is 0 Å². The number of carbonyl (C=O) groups excluding carboxylic acids is 1. The molecule has 17 heavy (non-hydrogen) atoms. The van der Waals surface area contributed by atoms with E-state index in [2.05, 4.69) is 5.32 Å². The summed E-state index contributed by atoms with van der Waals surface area (Å²) in [4.78, 5) is 11.4. The average Bonchev–Trinajstić information content (AvgIpc) is 2.34.